The van der Waals surface area contributed by atoms with Crippen molar-refractivity contribution >= 4 is 28.7 Å². The van der Waals surface area contributed by atoms with Gasteiger partial charge in [0.25, 0.3) is 0 Å². The highest BCUT2D eigenvalue weighted by atomic mass is 35.5. The van der Waals surface area contributed by atoms with Crippen molar-refractivity contribution in [1.29, 1.82) is 5.26 Å². The van der Waals surface area contributed by atoms with Crippen molar-refractivity contribution in [1.82, 2.24) is 0 Å². The fourth-order valence-electron chi connectivity index (χ4n) is 1.63. The van der Waals surface area contributed by atoms with Crippen molar-refractivity contribution in [3.63, 3.8) is 0 Å². The van der Waals surface area contributed by atoms with Gasteiger partial charge >= 0.3 is 0 Å². The molecule has 0 aromatic heterocycles. The van der Waals surface area contributed by atoms with Crippen molar-refractivity contribution in [3.05, 3.63) is 47.0 Å². The van der Waals surface area contributed by atoms with Crippen molar-refractivity contribution in [2.75, 3.05) is 18.2 Å². The van der Waals surface area contributed by atoms with Crippen LogP contribution in [0.4, 0.5) is 17.1 Å². The predicted octanol–water partition coefficient (Wildman–Crippen LogP) is 3.55. The summed E-state index contributed by atoms with van der Waals surface area (Å²) in [4.78, 5) is 0. The summed E-state index contributed by atoms with van der Waals surface area (Å²) in [6.07, 6.45) is 0. The van der Waals surface area contributed by atoms with Gasteiger partial charge in [-0.25, -0.2) is 0 Å². The molecule has 0 heterocycles. The van der Waals surface area contributed by atoms with Crippen LogP contribution in [0.3, 0.4) is 0 Å². The normalized spacial score (nSPS) is 9.74. The number of ether oxygens (including phenoxy) is 1. The van der Waals surface area contributed by atoms with Gasteiger partial charge in [-0.15, -0.1) is 0 Å². The molecule has 19 heavy (non-hydrogen) atoms. The summed E-state index contributed by atoms with van der Waals surface area (Å²) in [5.41, 5.74) is 8.35. The Balaban J connectivity index is 2.29. The monoisotopic (exact) mass is 273 g/mol. The Morgan fingerprint density at radius 2 is 2.05 bits per heavy atom. The second-order valence-electron chi connectivity index (χ2n) is 3.89. The fraction of sp³-hybridized carbons (Fsp3) is 0.0714. The molecule has 0 saturated carbocycles. The van der Waals surface area contributed by atoms with E-state index in [0.29, 0.717) is 27.7 Å². The average Bonchev–Trinajstić information content (AvgIpc) is 2.43. The van der Waals surface area contributed by atoms with Gasteiger partial charge in [0.05, 0.1) is 35.1 Å². The lowest BCUT2D eigenvalue weighted by molar-refractivity contribution is 0.417. The minimum Gasteiger partial charge on any atom is -0.495 e. The SMILES string of the molecule is COc1cc(Nc2ccc(C#N)cc2Cl)ccc1N. The summed E-state index contributed by atoms with van der Waals surface area (Å²) in [6.45, 7) is 0. The van der Waals surface area contributed by atoms with E-state index in [2.05, 4.69) is 5.32 Å². The molecule has 0 spiro atoms. The highest BCUT2D eigenvalue weighted by Gasteiger charge is 2.05. The van der Waals surface area contributed by atoms with Crippen LogP contribution in [-0.2, 0) is 0 Å². The summed E-state index contributed by atoms with van der Waals surface area (Å²) in [6, 6.07) is 12.5. The van der Waals surface area contributed by atoms with E-state index in [1.54, 1.807) is 37.4 Å². The van der Waals surface area contributed by atoms with E-state index < -0.39 is 0 Å². The minimum absolute atomic E-state index is 0.481. The smallest absolute Gasteiger partial charge is 0.143 e. The number of hydrogen-bond donors (Lipinski definition) is 2. The van der Waals surface area contributed by atoms with Crippen LogP contribution in [0.5, 0.6) is 5.75 Å². The first-order valence-corrected chi connectivity index (χ1v) is 5.92. The summed E-state index contributed by atoms with van der Waals surface area (Å²) in [5, 5.41) is 12.4. The first-order valence-electron chi connectivity index (χ1n) is 5.54. The van der Waals surface area contributed by atoms with Gasteiger partial charge in [0.15, 0.2) is 0 Å². The van der Waals surface area contributed by atoms with Gasteiger partial charge in [-0.05, 0) is 30.3 Å². The van der Waals surface area contributed by atoms with Crippen LogP contribution in [0.2, 0.25) is 5.02 Å². The van der Waals surface area contributed by atoms with Crippen LogP contribution in [0.25, 0.3) is 0 Å². The Morgan fingerprint density at radius 3 is 2.68 bits per heavy atom. The van der Waals surface area contributed by atoms with E-state index in [-0.39, 0.29) is 0 Å². The van der Waals surface area contributed by atoms with Crippen LogP contribution >= 0.6 is 11.6 Å². The van der Waals surface area contributed by atoms with E-state index >= 15 is 0 Å². The first-order chi connectivity index (χ1) is 9.13. The molecule has 0 atom stereocenters. The fourth-order valence-corrected chi connectivity index (χ4v) is 1.86. The number of benzene rings is 2. The predicted molar refractivity (Wildman–Crippen MR) is 76.9 cm³/mol. The van der Waals surface area contributed by atoms with Gasteiger partial charge in [-0.3, -0.25) is 0 Å². The number of nitrogens with zero attached hydrogens (tertiary/aromatic N) is 1. The molecule has 2 aromatic carbocycles. The van der Waals surface area contributed by atoms with E-state index in [9.17, 15) is 0 Å². The largest absolute Gasteiger partial charge is 0.495 e. The second kappa shape index (κ2) is 5.51. The maximum atomic E-state index is 8.78. The molecular weight excluding hydrogens is 262 g/mol. The third-order valence-electron chi connectivity index (χ3n) is 2.61. The Bertz CT molecular complexity index is 650. The Labute approximate surface area is 116 Å². The molecule has 0 aliphatic heterocycles. The molecule has 0 unspecified atom stereocenters. The number of nitriles is 1. The number of methoxy groups -OCH3 is 1. The Kier molecular flexibility index (Phi) is 3.79. The van der Waals surface area contributed by atoms with Gasteiger partial charge in [0, 0.05) is 11.8 Å². The third-order valence-corrected chi connectivity index (χ3v) is 2.92. The van der Waals surface area contributed by atoms with Crippen LogP contribution in [0.1, 0.15) is 5.56 Å². The zero-order chi connectivity index (χ0) is 13.8. The van der Waals surface area contributed by atoms with Crippen LogP contribution in [0, 0.1) is 11.3 Å². The van der Waals surface area contributed by atoms with Crippen LogP contribution in [0.15, 0.2) is 36.4 Å². The number of halogens is 1. The molecule has 4 nitrogen and oxygen atoms in total. The van der Waals surface area contributed by atoms with Crippen LogP contribution in [-0.4, -0.2) is 7.11 Å². The van der Waals surface area contributed by atoms with E-state index in [0.717, 1.165) is 5.69 Å². The molecule has 0 bridgehead atoms. The molecule has 0 amide bonds. The number of anilines is 3. The number of nitrogen functional groups attached to an aromatic ring is 1. The van der Waals surface area contributed by atoms with Crippen LogP contribution < -0.4 is 15.8 Å². The molecule has 0 saturated heterocycles. The summed E-state index contributed by atoms with van der Waals surface area (Å²) < 4.78 is 5.15. The zero-order valence-corrected chi connectivity index (χ0v) is 11.0. The number of rotatable bonds is 3. The maximum absolute atomic E-state index is 8.78. The van der Waals surface area contributed by atoms with E-state index in [1.165, 1.54) is 0 Å². The minimum atomic E-state index is 0.481. The van der Waals surface area contributed by atoms with Crippen molar-refractivity contribution in [3.8, 4) is 11.8 Å². The molecular formula is C14H12ClN3O. The summed E-state index contributed by atoms with van der Waals surface area (Å²) in [5.74, 6) is 0.592. The molecule has 2 aromatic rings. The van der Waals surface area contributed by atoms with Gasteiger partial charge in [0.1, 0.15) is 5.75 Å². The quantitative estimate of drug-likeness (QED) is 0.839. The molecule has 5 heteroatoms. The molecule has 0 aliphatic rings. The van der Waals surface area contributed by atoms with E-state index in [4.69, 9.17) is 27.3 Å². The van der Waals surface area contributed by atoms with Crippen molar-refractivity contribution < 1.29 is 4.74 Å². The number of nitrogens with two attached hydrogens (primary N) is 1. The first kappa shape index (κ1) is 13.1. The highest BCUT2D eigenvalue weighted by Crippen LogP contribution is 2.30. The maximum Gasteiger partial charge on any atom is 0.143 e. The topological polar surface area (TPSA) is 71.1 Å². The average molecular weight is 274 g/mol. The molecule has 0 radical (unpaired) electrons. The van der Waals surface area contributed by atoms with E-state index in [1.807, 2.05) is 12.1 Å². The lowest BCUT2D eigenvalue weighted by atomic mass is 10.2. The standard InChI is InChI=1S/C14H12ClN3O/c1-19-14-7-10(3-4-12(14)17)18-13-5-2-9(8-16)6-11(13)15/h2-7,18H,17H2,1H3. The summed E-state index contributed by atoms with van der Waals surface area (Å²) >= 11 is 6.09. The second-order valence-corrected chi connectivity index (χ2v) is 4.30. The molecule has 0 fully saturated rings. The van der Waals surface area contributed by atoms with Gasteiger partial charge in [-0.2, -0.15) is 5.26 Å². The Morgan fingerprint density at radius 1 is 1.26 bits per heavy atom. The van der Waals surface area contributed by atoms with Gasteiger partial charge < -0.3 is 15.8 Å². The van der Waals surface area contributed by atoms with Crippen molar-refractivity contribution in [2.24, 2.45) is 0 Å². The van der Waals surface area contributed by atoms with Gasteiger partial charge in [0.2, 0.25) is 0 Å². The summed E-state index contributed by atoms with van der Waals surface area (Å²) in [7, 11) is 1.56. The molecule has 0 aliphatic carbocycles. The number of nitrogens with one attached hydrogen (secondary N) is 1. The molecule has 2 rings (SSSR count). The highest BCUT2D eigenvalue weighted by molar-refractivity contribution is 6.33. The number of hydrogen-bond acceptors (Lipinski definition) is 4. The molecule has 96 valence electrons. The Hall–Kier alpha value is -2.38. The third kappa shape index (κ3) is 2.90. The zero-order valence-electron chi connectivity index (χ0n) is 10.3. The van der Waals surface area contributed by atoms with Crippen molar-refractivity contribution in [2.45, 2.75) is 0 Å². The molecule has 3 N–H and O–H groups in total. The lowest BCUT2D eigenvalue weighted by Gasteiger charge is -2.11. The van der Waals surface area contributed by atoms with Gasteiger partial charge in [-0.1, -0.05) is 11.6 Å². The lowest BCUT2D eigenvalue weighted by Crippen LogP contribution is -1.96.